The van der Waals surface area contributed by atoms with E-state index in [1.54, 1.807) is 27.8 Å². The number of hydrogen-bond acceptors (Lipinski definition) is 4. The number of ether oxygens (including phenoxy) is 1. The van der Waals surface area contributed by atoms with Crippen LogP contribution in [-0.4, -0.2) is 25.5 Å². The zero-order valence-electron chi connectivity index (χ0n) is 17.5. The van der Waals surface area contributed by atoms with Crippen LogP contribution in [0.25, 0.3) is 0 Å². The average molecular weight is 515 g/mol. The van der Waals surface area contributed by atoms with Crippen LogP contribution in [0.4, 0.5) is 5.82 Å². The highest BCUT2D eigenvalue weighted by atomic mass is 79.9. The summed E-state index contributed by atoms with van der Waals surface area (Å²) in [5, 5.41) is 12.2. The summed E-state index contributed by atoms with van der Waals surface area (Å²) < 4.78 is 9.72. The molecule has 0 radical (unpaired) electrons. The molecule has 0 bridgehead atoms. The van der Waals surface area contributed by atoms with Crippen molar-refractivity contribution in [2.45, 2.75) is 27.1 Å². The summed E-state index contributed by atoms with van der Waals surface area (Å²) in [6.07, 6.45) is 3.48. The molecular weight excluding hydrogens is 494 g/mol. The molecule has 0 saturated carbocycles. The van der Waals surface area contributed by atoms with Gasteiger partial charge >= 0.3 is 0 Å². The number of benzene rings is 2. The average Bonchev–Trinajstić information content (AvgIpc) is 3.34. The topological polar surface area (TPSA) is 74.0 Å². The molecule has 0 atom stereocenters. The van der Waals surface area contributed by atoms with E-state index in [2.05, 4.69) is 37.5 Å². The standard InChI is InChI=1S/C23H21BrClN5O2/c1-15-9-16(2)11-18(10-15)32-14-29-8-7-21(27-29)23(31)26-22-19(24)13-30(28-22)12-17-5-3-4-6-20(17)25/h3-11,13H,12,14H2,1-2H3,(H,26,28,31). The number of nitrogens with one attached hydrogen (secondary N) is 1. The van der Waals surface area contributed by atoms with Crippen molar-refractivity contribution >= 4 is 39.3 Å². The monoisotopic (exact) mass is 513 g/mol. The van der Waals surface area contributed by atoms with E-state index >= 15 is 0 Å². The number of aryl methyl sites for hydroxylation is 2. The number of carbonyl (C=O) groups excluding carboxylic acids is 1. The molecular formula is C23H21BrClN5O2. The Morgan fingerprint density at radius 2 is 1.84 bits per heavy atom. The van der Waals surface area contributed by atoms with E-state index in [1.165, 1.54) is 0 Å². The van der Waals surface area contributed by atoms with Gasteiger partial charge < -0.3 is 10.1 Å². The lowest BCUT2D eigenvalue weighted by atomic mass is 10.1. The van der Waals surface area contributed by atoms with Gasteiger partial charge in [0.25, 0.3) is 5.91 Å². The molecule has 0 aliphatic heterocycles. The zero-order chi connectivity index (χ0) is 22.7. The predicted octanol–water partition coefficient (Wildman–Crippen LogP) is 5.45. The lowest BCUT2D eigenvalue weighted by molar-refractivity contribution is 0.101. The summed E-state index contributed by atoms with van der Waals surface area (Å²) in [5.74, 6) is 0.805. The Hall–Kier alpha value is -3.10. The number of hydrogen-bond donors (Lipinski definition) is 1. The Labute approximate surface area is 199 Å². The van der Waals surface area contributed by atoms with Gasteiger partial charge in [0.15, 0.2) is 18.2 Å². The molecule has 9 heteroatoms. The number of rotatable bonds is 7. The van der Waals surface area contributed by atoms with Crippen molar-refractivity contribution in [2.75, 3.05) is 5.32 Å². The molecule has 0 aliphatic carbocycles. The van der Waals surface area contributed by atoms with Gasteiger partial charge in [-0.05, 0) is 70.7 Å². The van der Waals surface area contributed by atoms with Crippen molar-refractivity contribution in [3.63, 3.8) is 0 Å². The molecule has 164 valence electrons. The second kappa shape index (κ2) is 9.58. The molecule has 2 aromatic heterocycles. The van der Waals surface area contributed by atoms with E-state index in [0.29, 0.717) is 21.9 Å². The van der Waals surface area contributed by atoms with Gasteiger partial charge in [-0.3, -0.25) is 9.48 Å². The fourth-order valence-electron chi connectivity index (χ4n) is 3.25. The molecule has 2 heterocycles. The molecule has 0 aliphatic rings. The zero-order valence-corrected chi connectivity index (χ0v) is 19.9. The minimum absolute atomic E-state index is 0.201. The predicted molar refractivity (Wildman–Crippen MR) is 127 cm³/mol. The summed E-state index contributed by atoms with van der Waals surface area (Å²) in [6.45, 7) is 4.72. The van der Waals surface area contributed by atoms with Crippen LogP contribution in [0.5, 0.6) is 5.75 Å². The van der Waals surface area contributed by atoms with Gasteiger partial charge in [0, 0.05) is 17.4 Å². The van der Waals surface area contributed by atoms with Crippen LogP contribution in [0.1, 0.15) is 27.2 Å². The van der Waals surface area contributed by atoms with Crippen molar-refractivity contribution in [1.82, 2.24) is 19.6 Å². The van der Waals surface area contributed by atoms with Crippen molar-refractivity contribution in [3.05, 3.63) is 92.8 Å². The molecule has 0 saturated heterocycles. The Morgan fingerprint density at radius 1 is 1.09 bits per heavy atom. The van der Waals surface area contributed by atoms with E-state index in [9.17, 15) is 4.79 Å². The van der Waals surface area contributed by atoms with E-state index in [0.717, 1.165) is 22.4 Å². The highest BCUT2D eigenvalue weighted by Crippen LogP contribution is 2.23. The van der Waals surface area contributed by atoms with Crippen LogP contribution in [0.3, 0.4) is 0 Å². The molecule has 0 spiro atoms. The minimum atomic E-state index is -0.362. The lowest BCUT2D eigenvalue weighted by Gasteiger charge is -2.08. The fourth-order valence-corrected chi connectivity index (χ4v) is 3.86. The number of nitrogens with zero attached hydrogens (tertiary/aromatic N) is 4. The number of carbonyl (C=O) groups is 1. The quantitative estimate of drug-likeness (QED) is 0.356. The van der Waals surface area contributed by atoms with Gasteiger partial charge in [-0.1, -0.05) is 35.9 Å². The van der Waals surface area contributed by atoms with Crippen LogP contribution < -0.4 is 10.1 Å². The highest BCUT2D eigenvalue weighted by Gasteiger charge is 2.15. The third kappa shape index (κ3) is 5.38. The maximum Gasteiger partial charge on any atom is 0.277 e. The molecule has 2 aromatic carbocycles. The Morgan fingerprint density at radius 3 is 2.59 bits per heavy atom. The Balaban J connectivity index is 1.39. The molecule has 7 nitrogen and oxygen atoms in total. The van der Waals surface area contributed by atoms with Gasteiger partial charge in [0.05, 0.1) is 11.0 Å². The third-order valence-electron chi connectivity index (χ3n) is 4.67. The van der Waals surface area contributed by atoms with Crippen molar-refractivity contribution in [1.29, 1.82) is 0 Å². The molecule has 1 amide bonds. The van der Waals surface area contributed by atoms with Gasteiger partial charge in [-0.25, -0.2) is 4.68 Å². The molecule has 4 aromatic rings. The Kier molecular flexibility index (Phi) is 6.62. The first kappa shape index (κ1) is 22.1. The Bertz CT molecular complexity index is 1250. The maximum absolute atomic E-state index is 12.6. The molecule has 0 unspecified atom stereocenters. The minimum Gasteiger partial charge on any atom is -0.471 e. The number of halogens is 2. The van der Waals surface area contributed by atoms with Crippen molar-refractivity contribution < 1.29 is 9.53 Å². The second-order valence-electron chi connectivity index (χ2n) is 7.41. The van der Waals surface area contributed by atoms with Gasteiger partial charge in [-0.15, -0.1) is 0 Å². The smallest absolute Gasteiger partial charge is 0.277 e. The number of anilines is 1. The van der Waals surface area contributed by atoms with E-state index in [-0.39, 0.29) is 18.3 Å². The van der Waals surface area contributed by atoms with Gasteiger partial charge in [0.1, 0.15) is 5.75 Å². The summed E-state index contributed by atoms with van der Waals surface area (Å²) in [7, 11) is 0. The number of amides is 1. The third-order valence-corrected chi connectivity index (χ3v) is 5.62. The van der Waals surface area contributed by atoms with Gasteiger partial charge in [0.2, 0.25) is 0 Å². The van der Waals surface area contributed by atoms with Crippen LogP contribution in [0.15, 0.2) is 65.4 Å². The molecule has 4 rings (SSSR count). The van der Waals surface area contributed by atoms with Crippen LogP contribution >= 0.6 is 27.5 Å². The first-order valence-electron chi connectivity index (χ1n) is 9.89. The molecule has 32 heavy (non-hydrogen) atoms. The van der Waals surface area contributed by atoms with E-state index < -0.39 is 0 Å². The van der Waals surface area contributed by atoms with E-state index in [4.69, 9.17) is 16.3 Å². The maximum atomic E-state index is 12.6. The van der Waals surface area contributed by atoms with Crippen molar-refractivity contribution in [2.24, 2.45) is 0 Å². The highest BCUT2D eigenvalue weighted by molar-refractivity contribution is 9.10. The van der Waals surface area contributed by atoms with Crippen LogP contribution in [0, 0.1) is 13.8 Å². The molecule has 1 N–H and O–H groups in total. The SMILES string of the molecule is Cc1cc(C)cc(OCn2ccc(C(=O)Nc3nn(Cc4ccccc4Cl)cc3Br)n2)c1. The van der Waals surface area contributed by atoms with Crippen LogP contribution in [0.2, 0.25) is 5.02 Å². The summed E-state index contributed by atoms with van der Waals surface area (Å²) in [6, 6.07) is 15.2. The van der Waals surface area contributed by atoms with Crippen LogP contribution in [-0.2, 0) is 13.3 Å². The first-order chi connectivity index (χ1) is 15.4. The number of aromatic nitrogens is 4. The largest absolute Gasteiger partial charge is 0.471 e. The molecule has 0 fully saturated rings. The second-order valence-corrected chi connectivity index (χ2v) is 8.67. The first-order valence-corrected chi connectivity index (χ1v) is 11.1. The summed E-state index contributed by atoms with van der Waals surface area (Å²) in [5.41, 5.74) is 3.45. The van der Waals surface area contributed by atoms with Gasteiger partial charge in [-0.2, -0.15) is 10.2 Å². The normalized spacial score (nSPS) is 10.9. The lowest BCUT2D eigenvalue weighted by Crippen LogP contribution is -2.15. The van der Waals surface area contributed by atoms with Crippen molar-refractivity contribution in [3.8, 4) is 5.75 Å². The fraction of sp³-hybridized carbons (Fsp3) is 0.174. The summed E-state index contributed by atoms with van der Waals surface area (Å²) in [4.78, 5) is 12.6. The summed E-state index contributed by atoms with van der Waals surface area (Å²) >= 11 is 9.67. The van der Waals surface area contributed by atoms with E-state index in [1.807, 2.05) is 50.2 Å².